The lowest BCUT2D eigenvalue weighted by atomic mass is 10.1. The van der Waals surface area contributed by atoms with Gasteiger partial charge in [0.05, 0.1) is 13.0 Å². The second-order valence-corrected chi connectivity index (χ2v) is 9.37. The Morgan fingerprint density at radius 1 is 0.939 bits per heavy atom. The molecular weight excluding hydrogens is 424 g/mol. The molecule has 0 unspecified atom stereocenters. The number of amides is 1. The van der Waals surface area contributed by atoms with E-state index in [-0.39, 0.29) is 18.9 Å². The average molecular weight is 465 g/mol. The highest BCUT2D eigenvalue weighted by Gasteiger charge is 2.24. The summed E-state index contributed by atoms with van der Waals surface area (Å²) in [6.45, 7) is 10.9. The Morgan fingerprint density at radius 3 is 2.24 bits per heavy atom. The minimum absolute atomic E-state index is 0.0933. The van der Waals surface area contributed by atoms with Gasteiger partial charge in [-0.15, -0.1) is 0 Å². The summed E-state index contributed by atoms with van der Waals surface area (Å²) in [5.74, 6) is -0.705. The van der Waals surface area contributed by atoms with E-state index in [1.54, 1.807) is 0 Å². The largest absolute Gasteiger partial charge is 0.464 e. The Kier molecular flexibility index (Phi) is 13.1. The third kappa shape index (κ3) is 15.0. The molecule has 0 saturated heterocycles. The van der Waals surface area contributed by atoms with Crippen molar-refractivity contribution in [1.82, 2.24) is 10.6 Å². The molecule has 8 nitrogen and oxygen atoms in total. The SMILES string of the molecule is CC(C)COC(=O)[C@H](CC(=O)OCc1ccccc1)NCCCCCNC(=O)OC(C)(C)C. The van der Waals surface area contributed by atoms with Gasteiger partial charge in [-0.25, -0.2) is 4.79 Å². The predicted octanol–water partition coefficient (Wildman–Crippen LogP) is 3.97. The van der Waals surface area contributed by atoms with E-state index < -0.39 is 29.7 Å². The van der Waals surface area contributed by atoms with Gasteiger partial charge >= 0.3 is 18.0 Å². The van der Waals surface area contributed by atoms with Crippen LogP contribution in [0.25, 0.3) is 0 Å². The van der Waals surface area contributed by atoms with Gasteiger partial charge in [0.1, 0.15) is 18.2 Å². The van der Waals surface area contributed by atoms with Crippen LogP contribution in [0.15, 0.2) is 30.3 Å². The number of ether oxygens (including phenoxy) is 3. The van der Waals surface area contributed by atoms with Crippen LogP contribution in [0.2, 0.25) is 0 Å². The van der Waals surface area contributed by atoms with E-state index in [0.717, 1.165) is 24.8 Å². The van der Waals surface area contributed by atoms with Gasteiger partial charge in [0.25, 0.3) is 0 Å². The molecule has 186 valence electrons. The van der Waals surface area contributed by atoms with Crippen LogP contribution in [0.4, 0.5) is 4.79 Å². The van der Waals surface area contributed by atoms with Crippen molar-refractivity contribution < 1.29 is 28.6 Å². The molecule has 0 fully saturated rings. The molecule has 1 rings (SSSR count). The Morgan fingerprint density at radius 2 is 1.61 bits per heavy atom. The van der Waals surface area contributed by atoms with Crippen LogP contribution < -0.4 is 10.6 Å². The zero-order chi connectivity index (χ0) is 24.7. The van der Waals surface area contributed by atoms with Crippen LogP contribution in [0, 0.1) is 5.92 Å². The average Bonchev–Trinajstić information content (AvgIpc) is 2.74. The molecule has 0 spiro atoms. The van der Waals surface area contributed by atoms with E-state index in [2.05, 4.69) is 10.6 Å². The highest BCUT2D eigenvalue weighted by Crippen LogP contribution is 2.07. The summed E-state index contributed by atoms with van der Waals surface area (Å²) in [6.07, 6.45) is 1.88. The first-order valence-electron chi connectivity index (χ1n) is 11.6. The molecule has 0 aliphatic heterocycles. The van der Waals surface area contributed by atoms with E-state index in [1.165, 1.54) is 0 Å². The predicted molar refractivity (Wildman–Crippen MR) is 127 cm³/mol. The van der Waals surface area contributed by atoms with E-state index in [1.807, 2.05) is 65.0 Å². The number of alkyl carbamates (subject to hydrolysis) is 1. The van der Waals surface area contributed by atoms with Gasteiger partial charge in [0, 0.05) is 6.54 Å². The van der Waals surface area contributed by atoms with E-state index in [4.69, 9.17) is 14.2 Å². The number of benzene rings is 1. The summed E-state index contributed by atoms with van der Waals surface area (Å²) in [5.41, 5.74) is 0.368. The third-order valence-electron chi connectivity index (χ3n) is 4.37. The van der Waals surface area contributed by atoms with Gasteiger partial charge in [0.2, 0.25) is 0 Å². The van der Waals surface area contributed by atoms with Gasteiger partial charge in [-0.1, -0.05) is 50.6 Å². The minimum Gasteiger partial charge on any atom is -0.464 e. The molecule has 0 aliphatic rings. The zero-order valence-electron chi connectivity index (χ0n) is 20.6. The van der Waals surface area contributed by atoms with E-state index in [0.29, 0.717) is 19.7 Å². The summed E-state index contributed by atoms with van der Waals surface area (Å²) in [7, 11) is 0. The smallest absolute Gasteiger partial charge is 0.407 e. The van der Waals surface area contributed by atoms with Crippen LogP contribution in [-0.4, -0.2) is 49.4 Å². The van der Waals surface area contributed by atoms with Crippen molar-refractivity contribution >= 4 is 18.0 Å². The van der Waals surface area contributed by atoms with Crippen LogP contribution >= 0.6 is 0 Å². The molecule has 0 aromatic heterocycles. The fraction of sp³-hybridized carbons (Fsp3) is 0.640. The second kappa shape index (κ2) is 15.3. The topological polar surface area (TPSA) is 103 Å². The van der Waals surface area contributed by atoms with Crippen molar-refractivity contribution in [3.8, 4) is 0 Å². The van der Waals surface area contributed by atoms with Crippen molar-refractivity contribution in [2.45, 2.75) is 78.6 Å². The Balaban J connectivity index is 2.37. The van der Waals surface area contributed by atoms with Gasteiger partial charge < -0.3 is 24.8 Å². The molecule has 0 heterocycles. The summed E-state index contributed by atoms with van der Waals surface area (Å²) < 4.78 is 15.8. The lowest BCUT2D eigenvalue weighted by Crippen LogP contribution is -2.41. The fourth-order valence-electron chi connectivity index (χ4n) is 2.76. The Bertz CT molecular complexity index is 715. The maximum Gasteiger partial charge on any atom is 0.407 e. The third-order valence-corrected chi connectivity index (χ3v) is 4.37. The van der Waals surface area contributed by atoms with Gasteiger partial charge in [0.15, 0.2) is 0 Å². The number of hydrogen-bond donors (Lipinski definition) is 2. The number of unbranched alkanes of at least 4 members (excludes halogenated alkanes) is 2. The molecule has 0 saturated carbocycles. The van der Waals surface area contributed by atoms with Crippen molar-refractivity contribution in [2.24, 2.45) is 5.92 Å². The highest BCUT2D eigenvalue weighted by molar-refractivity contribution is 5.82. The molecule has 1 aromatic carbocycles. The maximum absolute atomic E-state index is 12.5. The summed E-state index contributed by atoms with van der Waals surface area (Å²) in [4.78, 5) is 36.4. The molecule has 1 atom stereocenters. The zero-order valence-corrected chi connectivity index (χ0v) is 20.6. The number of nitrogens with one attached hydrogen (secondary N) is 2. The van der Waals surface area contributed by atoms with Crippen LogP contribution in [0.5, 0.6) is 0 Å². The van der Waals surface area contributed by atoms with Crippen molar-refractivity contribution in [3.63, 3.8) is 0 Å². The Labute approximate surface area is 197 Å². The van der Waals surface area contributed by atoms with Crippen LogP contribution in [-0.2, 0) is 30.4 Å². The first-order valence-corrected chi connectivity index (χ1v) is 11.6. The van der Waals surface area contributed by atoms with Crippen LogP contribution in [0.1, 0.15) is 65.9 Å². The minimum atomic E-state index is -0.757. The second-order valence-electron chi connectivity index (χ2n) is 9.37. The normalized spacial score (nSPS) is 12.2. The number of hydrogen-bond acceptors (Lipinski definition) is 7. The number of carbonyl (C=O) groups is 3. The summed E-state index contributed by atoms with van der Waals surface area (Å²) in [6, 6.07) is 8.63. The van der Waals surface area contributed by atoms with Crippen molar-refractivity contribution in [3.05, 3.63) is 35.9 Å². The number of carbonyl (C=O) groups excluding carboxylic acids is 3. The lowest BCUT2D eigenvalue weighted by Gasteiger charge is -2.19. The number of esters is 2. The standard InChI is InChI=1S/C25H40N2O6/c1-19(2)17-32-23(29)21(16-22(28)31-18-20-12-8-6-9-13-20)26-14-10-7-11-15-27-24(30)33-25(3,4)5/h6,8-9,12-13,19,21,26H,7,10-11,14-18H2,1-5H3,(H,27,30)/t21-/m0/s1. The molecule has 1 amide bonds. The molecule has 0 aliphatic carbocycles. The first kappa shape index (κ1) is 28.4. The molecule has 2 N–H and O–H groups in total. The number of rotatable bonds is 14. The van der Waals surface area contributed by atoms with E-state index >= 15 is 0 Å². The summed E-state index contributed by atoms with van der Waals surface area (Å²) in [5, 5.41) is 5.84. The fourth-order valence-corrected chi connectivity index (χ4v) is 2.76. The molecule has 0 bridgehead atoms. The molecule has 1 aromatic rings. The first-order chi connectivity index (χ1) is 15.6. The van der Waals surface area contributed by atoms with Gasteiger partial charge in [-0.2, -0.15) is 0 Å². The van der Waals surface area contributed by atoms with Crippen LogP contribution in [0.3, 0.4) is 0 Å². The highest BCUT2D eigenvalue weighted by atomic mass is 16.6. The monoisotopic (exact) mass is 464 g/mol. The molecule has 0 radical (unpaired) electrons. The van der Waals surface area contributed by atoms with Gasteiger partial charge in [-0.05, 0) is 51.6 Å². The van der Waals surface area contributed by atoms with E-state index in [9.17, 15) is 14.4 Å². The molecular formula is C25H40N2O6. The van der Waals surface area contributed by atoms with Crippen molar-refractivity contribution in [2.75, 3.05) is 19.7 Å². The quantitative estimate of drug-likeness (QED) is 0.244. The van der Waals surface area contributed by atoms with Crippen molar-refractivity contribution in [1.29, 1.82) is 0 Å². The maximum atomic E-state index is 12.5. The molecule has 33 heavy (non-hydrogen) atoms. The lowest BCUT2D eigenvalue weighted by molar-refractivity contribution is -0.154. The summed E-state index contributed by atoms with van der Waals surface area (Å²) >= 11 is 0. The Hall–Kier alpha value is -2.61. The van der Waals surface area contributed by atoms with Gasteiger partial charge in [-0.3, -0.25) is 9.59 Å². The molecule has 8 heteroatoms.